The van der Waals surface area contributed by atoms with E-state index in [0.717, 1.165) is 54.7 Å². The largest absolute Gasteiger partial charge is 0.493 e. The molecule has 0 saturated carbocycles. The molecule has 1 amide bonds. The number of nitrogens with zero attached hydrogens (tertiary/aromatic N) is 2. The van der Waals surface area contributed by atoms with Crippen molar-refractivity contribution in [2.75, 3.05) is 56.7 Å². The van der Waals surface area contributed by atoms with Gasteiger partial charge in [-0.15, -0.1) is 11.3 Å². The van der Waals surface area contributed by atoms with E-state index >= 15 is 0 Å². The van der Waals surface area contributed by atoms with E-state index in [-0.39, 0.29) is 5.91 Å². The molecular weight excluding hydrogens is 462 g/mol. The van der Waals surface area contributed by atoms with Crippen molar-refractivity contribution in [2.45, 2.75) is 20.1 Å². The van der Waals surface area contributed by atoms with Crippen LogP contribution in [0.5, 0.6) is 11.5 Å². The van der Waals surface area contributed by atoms with Crippen molar-refractivity contribution < 1.29 is 19.0 Å². The average Bonchev–Trinajstić information content (AvgIpc) is 3.42. The van der Waals surface area contributed by atoms with E-state index in [0.29, 0.717) is 31.2 Å². The summed E-state index contributed by atoms with van der Waals surface area (Å²) >= 11 is 1.67. The van der Waals surface area contributed by atoms with Crippen molar-refractivity contribution in [2.24, 2.45) is 0 Å². The van der Waals surface area contributed by atoms with Crippen molar-refractivity contribution in [3.8, 4) is 11.5 Å². The Morgan fingerprint density at radius 3 is 2.60 bits per heavy atom. The number of likely N-dealkylation sites (N-methyl/N-ethyl adjacent to an activating group) is 1. The van der Waals surface area contributed by atoms with Gasteiger partial charge in [0.15, 0.2) is 11.5 Å². The Hall–Kier alpha value is -3.07. The Balaban J connectivity index is 1.30. The summed E-state index contributed by atoms with van der Waals surface area (Å²) in [6.45, 7) is 7.56. The number of hydrogen-bond acceptors (Lipinski definition) is 7. The molecular formula is C27H33N3O4S. The Morgan fingerprint density at radius 1 is 1.11 bits per heavy atom. The highest BCUT2D eigenvalue weighted by Gasteiger charge is 2.14. The van der Waals surface area contributed by atoms with Crippen LogP contribution in [0.25, 0.3) is 0 Å². The number of thiophene rings is 1. The third-order valence-electron chi connectivity index (χ3n) is 5.93. The standard InChI is InChI=1S/C27H33N3O4S/c1-3-29(18-21-6-11-25(26(17-21)32-2)34-20-24-5-4-16-35-24)19-27(31)28-22-7-9-23(10-8-22)30-12-14-33-15-13-30/h4-11,16-17H,3,12-15,18-20H2,1-2H3,(H,28,31). The lowest BCUT2D eigenvalue weighted by Gasteiger charge is -2.29. The van der Waals surface area contributed by atoms with E-state index in [4.69, 9.17) is 14.2 Å². The van der Waals surface area contributed by atoms with Gasteiger partial charge in [0.25, 0.3) is 0 Å². The van der Waals surface area contributed by atoms with Crippen molar-refractivity contribution in [3.05, 3.63) is 70.4 Å². The molecule has 1 saturated heterocycles. The minimum atomic E-state index is -0.0335. The number of benzene rings is 2. The molecule has 2 heterocycles. The Bertz CT molecular complexity index is 1070. The molecule has 0 bridgehead atoms. The third-order valence-corrected chi connectivity index (χ3v) is 6.78. The molecule has 35 heavy (non-hydrogen) atoms. The first-order chi connectivity index (χ1) is 17.1. The fourth-order valence-electron chi connectivity index (χ4n) is 3.99. The number of carbonyl (C=O) groups is 1. The van der Waals surface area contributed by atoms with Crippen LogP contribution >= 0.6 is 11.3 Å². The fourth-order valence-corrected chi connectivity index (χ4v) is 4.61. The predicted octanol–water partition coefficient (Wildman–Crippen LogP) is 4.63. The second-order valence-corrected chi connectivity index (χ2v) is 9.38. The lowest BCUT2D eigenvalue weighted by atomic mass is 10.2. The number of carbonyl (C=O) groups excluding carboxylic acids is 1. The van der Waals surface area contributed by atoms with E-state index in [1.54, 1.807) is 18.4 Å². The average molecular weight is 496 g/mol. The summed E-state index contributed by atoms with van der Waals surface area (Å²) in [6, 6.07) is 18.0. The van der Waals surface area contributed by atoms with Gasteiger partial charge in [-0.1, -0.05) is 19.1 Å². The lowest BCUT2D eigenvalue weighted by molar-refractivity contribution is -0.117. The van der Waals surface area contributed by atoms with Crippen LogP contribution in [0.1, 0.15) is 17.4 Å². The molecule has 1 aliphatic rings. The molecule has 1 fully saturated rings. The van der Waals surface area contributed by atoms with E-state index < -0.39 is 0 Å². The van der Waals surface area contributed by atoms with Crippen LogP contribution < -0.4 is 19.7 Å². The zero-order valence-corrected chi connectivity index (χ0v) is 21.2. The molecule has 0 unspecified atom stereocenters. The van der Waals surface area contributed by atoms with Gasteiger partial charge in [-0.05, 0) is 60.0 Å². The quantitative estimate of drug-likeness (QED) is 0.418. The van der Waals surface area contributed by atoms with Crippen LogP contribution in [-0.4, -0.2) is 57.3 Å². The van der Waals surface area contributed by atoms with Gasteiger partial charge in [-0.2, -0.15) is 0 Å². The normalized spacial score (nSPS) is 13.6. The summed E-state index contributed by atoms with van der Waals surface area (Å²) in [4.78, 5) is 18.3. The van der Waals surface area contributed by atoms with Crippen LogP contribution in [-0.2, 0) is 22.7 Å². The Morgan fingerprint density at radius 2 is 1.91 bits per heavy atom. The number of hydrogen-bond donors (Lipinski definition) is 1. The number of methoxy groups -OCH3 is 1. The Kier molecular flexibility index (Phi) is 9.00. The first kappa shape index (κ1) is 25.0. The SMILES string of the molecule is CCN(CC(=O)Nc1ccc(N2CCOCC2)cc1)Cc1ccc(OCc2cccs2)c(OC)c1. The summed E-state index contributed by atoms with van der Waals surface area (Å²) in [5.41, 5.74) is 3.02. The van der Waals surface area contributed by atoms with Gasteiger partial charge in [-0.25, -0.2) is 0 Å². The molecule has 1 N–H and O–H groups in total. The maximum atomic E-state index is 12.7. The first-order valence-electron chi connectivity index (χ1n) is 11.9. The van der Waals surface area contributed by atoms with Crippen LogP contribution in [0.2, 0.25) is 0 Å². The number of nitrogens with one attached hydrogen (secondary N) is 1. The highest BCUT2D eigenvalue weighted by Crippen LogP contribution is 2.30. The van der Waals surface area contributed by atoms with Gasteiger partial charge in [0.1, 0.15) is 6.61 Å². The minimum Gasteiger partial charge on any atom is -0.493 e. The van der Waals surface area contributed by atoms with Crippen LogP contribution in [0.4, 0.5) is 11.4 Å². The zero-order valence-electron chi connectivity index (χ0n) is 20.4. The zero-order chi connectivity index (χ0) is 24.5. The van der Waals surface area contributed by atoms with E-state index in [1.807, 2.05) is 60.0 Å². The molecule has 0 spiro atoms. The van der Waals surface area contributed by atoms with Gasteiger partial charge in [0.05, 0.1) is 26.9 Å². The predicted molar refractivity (Wildman–Crippen MR) is 141 cm³/mol. The summed E-state index contributed by atoms with van der Waals surface area (Å²) in [6.07, 6.45) is 0. The minimum absolute atomic E-state index is 0.0335. The maximum Gasteiger partial charge on any atom is 0.238 e. The summed E-state index contributed by atoms with van der Waals surface area (Å²) in [7, 11) is 1.65. The molecule has 8 heteroatoms. The maximum absolute atomic E-state index is 12.7. The second kappa shape index (κ2) is 12.6. The molecule has 4 rings (SSSR count). The van der Waals surface area contributed by atoms with Crippen LogP contribution in [0.15, 0.2) is 60.0 Å². The van der Waals surface area contributed by atoms with Gasteiger partial charge in [0.2, 0.25) is 5.91 Å². The highest BCUT2D eigenvalue weighted by molar-refractivity contribution is 7.09. The first-order valence-corrected chi connectivity index (χ1v) is 12.8. The number of morpholine rings is 1. The molecule has 0 atom stereocenters. The molecule has 186 valence electrons. The van der Waals surface area contributed by atoms with Gasteiger partial charge >= 0.3 is 0 Å². The fraction of sp³-hybridized carbons (Fsp3) is 0.370. The van der Waals surface area contributed by atoms with Crippen LogP contribution in [0.3, 0.4) is 0 Å². The van der Waals surface area contributed by atoms with E-state index in [1.165, 1.54) is 0 Å². The molecule has 1 aromatic heterocycles. The third kappa shape index (κ3) is 7.21. The van der Waals surface area contributed by atoms with E-state index in [9.17, 15) is 4.79 Å². The molecule has 1 aliphatic heterocycles. The molecule has 0 aliphatic carbocycles. The number of amides is 1. The van der Waals surface area contributed by atoms with Gasteiger partial charge in [0, 0.05) is 35.9 Å². The van der Waals surface area contributed by atoms with Gasteiger partial charge < -0.3 is 24.4 Å². The summed E-state index contributed by atoms with van der Waals surface area (Å²) in [5, 5.41) is 5.05. The Labute approximate surface area is 211 Å². The number of ether oxygens (including phenoxy) is 3. The lowest BCUT2D eigenvalue weighted by Crippen LogP contribution is -2.36. The number of anilines is 2. The highest BCUT2D eigenvalue weighted by atomic mass is 32.1. The smallest absolute Gasteiger partial charge is 0.238 e. The molecule has 7 nitrogen and oxygen atoms in total. The van der Waals surface area contributed by atoms with Crippen molar-refractivity contribution in [1.82, 2.24) is 4.90 Å². The summed E-state index contributed by atoms with van der Waals surface area (Å²) in [5.74, 6) is 1.37. The number of rotatable bonds is 11. The van der Waals surface area contributed by atoms with E-state index in [2.05, 4.69) is 22.0 Å². The van der Waals surface area contributed by atoms with Crippen molar-refractivity contribution >= 4 is 28.6 Å². The molecule has 0 radical (unpaired) electrons. The summed E-state index contributed by atoms with van der Waals surface area (Å²) < 4.78 is 16.9. The van der Waals surface area contributed by atoms with Crippen molar-refractivity contribution in [1.29, 1.82) is 0 Å². The van der Waals surface area contributed by atoms with Crippen molar-refractivity contribution in [3.63, 3.8) is 0 Å². The second-order valence-electron chi connectivity index (χ2n) is 8.35. The topological polar surface area (TPSA) is 63.3 Å². The van der Waals surface area contributed by atoms with Gasteiger partial charge in [-0.3, -0.25) is 9.69 Å². The van der Waals surface area contributed by atoms with Crippen LogP contribution in [0, 0.1) is 0 Å². The molecule has 3 aromatic rings. The monoisotopic (exact) mass is 495 g/mol. The molecule has 2 aromatic carbocycles.